The van der Waals surface area contributed by atoms with Gasteiger partial charge in [0.25, 0.3) is 5.91 Å². The fourth-order valence-corrected chi connectivity index (χ4v) is 3.49. The lowest BCUT2D eigenvalue weighted by Gasteiger charge is -2.28. The predicted molar refractivity (Wildman–Crippen MR) is 101 cm³/mol. The van der Waals surface area contributed by atoms with Crippen molar-refractivity contribution in [2.24, 2.45) is 0 Å². The third kappa shape index (κ3) is 4.15. The number of hydrogen-bond donors (Lipinski definition) is 1. The van der Waals surface area contributed by atoms with Gasteiger partial charge in [-0.25, -0.2) is 9.97 Å². The molecule has 0 atom stereocenters. The van der Waals surface area contributed by atoms with Crippen LogP contribution in [0.3, 0.4) is 0 Å². The van der Waals surface area contributed by atoms with E-state index in [0.29, 0.717) is 24.8 Å². The number of rotatable bonds is 5. The molecule has 140 valence electrons. The summed E-state index contributed by atoms with van der Waals surface area (Å²) in [7, 11) is 0. The monoisotopic (exact) mass is 385 g/mol. The number of ether oxygens (including phenoxy) is 1. The first-order chi connectivity index (χ1) is 13.2. The molecule has 1 aliphatic heterocycles. The summed E-state index contributed by atoms with van der Waals surface area (Å²) in [5.74, 6) is 1.68. The number of carbonyl (C=O) groups excluding carboxylic acids is 1. The van der Waals surface area contributed by atoms with E-state index in [1.807, 2.05) is 30.5 Å². The van der Waals surface area contributed by atoms with Crippen LogP contribution >= 0.6 is 11.3 Å². The van der Waals surface area contributed by atoms with Crippen LogP contribution in [0.5, 0.6) is 0 Å². The van der Waals surface area contributed by atoms with E-state index in [0.717, 1.165) is 29.5 Å². The molecular formula is C18H19N5O3S. The highest BCUT2D eigenvalue weighted by atomic mass is 32.1. The predicted octanol–water partition coefficient (Wildman–Crippen LogP) is 2.27. The van der Waals surface area contributed by atoms with E-state index in [9.17, 15) is 4.79 Å². The zero-order valence-electron chi connectivity index (χ0n) is 14.8. The Labute approximate surface area is 160 Å². The van der Waals surface area contributed by atoms with Crippen molar-refractivity contribution in [2.45, 2.75) is 13.5 Å². The molecule has 4 rings (SSSR count). The van der Waals surface area contributed by atoms with Gasteiger partial charge in [-0.2, -0.15) is 0 Å². The summed E-state index contributed by atoms with van der Waals surface area (Å²) in [6, 6.07) is 7.42. The average molecular weight is 385 g/mol. The minimum absolute atomic E-state index is 0.221. The van der Waals surface area contributed by atoms with Crippen LogP contribution in [0.15, 0.2) is 34.2 Å². The van der Waals surface area contributed by atoms with E-state index in [4.69, 9.17) is 9.26 Å². The van der Waals surface area contributed by atoms with E-state index in [1.165, 1.54) is 11.3 Å². The van der Waals surface area contributed by atoms with Gasteiger partial charge in [-0.3, -0.25) is 4.79 Å². The fourth-order valence-electron chi connectivity index (χ4n) is 2.81. The van der Waals surface area contributed by atoms with Gasteiger partial charge in [0.15, 0.2) is 11.5 Å². The molecule has 27 heavy (non-hydrogen) atoms. The number of morpholine rings is 1. The molecule has 4 heterocycles. The van der Waals surface area contributed by atoms with Crippen molar-refractivity contribution in [3.05, 3.63) is 46.9 Å². The summed E-state index contributed by atoms with van der Waals surface area (Å²) in [5, 5.41) is 8.60. The van der Waals surface area contributed by atoms with Crippen LogP contribution in [0.4, 0.5) is 5.82 Å². The molecule has 0 aliphatic carbocycles. The van der Waals surface area contributed by atoms with Crippen LogP contribution in [0, 0.1) is 6.92 Å². The van der Waals surface area contributed by atoms with Gasteiger partial charge in [0.1, 0.15) is 11.6 Å². The Morgan fingerprint density at radius 3 is 2.93 bits per heavy atom. The highest BCUT2D eigenvalue weighted by molar-refractivity contribution is 7.13. The second kappa shape index (κ2) is 7.85. The first-order valence-electron chi connectivity index (χ1n) is 8.65. The van der Waals surface area contributed by atoms with Crippen LogP contribution in [0.2, 0.25) is 0 Å². The van der Waals surface area contributed by atoms with Gasteiger partial charge >= 0.3 is 0 Å². The maximum absolute atomic E-state index is 12.4. The molecule has 0 aromatic carbocycles. The molecule has 1 saturated heterocycles. The summed E-state index contributed by atoms with van der Waals surface area (Å²) in [4.78, 5) is 24.4. The quantitative estimate of drug-likeness (QED) is 0.720. The van der Waals surface area contributed by atoms with E-state index < -0.39 is 0 Å². The number of hydrogen-bond acceptors (Lipinski definition) is 8. The van der Waals surface area contributed by atoms with Crippen LogP contribution in [-0.2, 0) is 11.3 Å². The van der Waals surface area contributed by atoms with Gasteiger partial charge in [0, 0.05) is 30.9 Å². The maximum Gasteiger partial charge on any atom is 0.273 e. The molecule has 9 heteroatoms. The molecule has 0 bridgehead atoms. The molecule has 0 radical (unpaired) electrons. The van der Waals surface area contributed by atoms with E-state index in [1.54, 1.807) is 6.07 Å². The Bertz CT molecular complexity index is 919. The minimum Gasteiger partial charge on any atom is -0.378 e. The number of carbonyl (C=O) groups is 1. The van der Waals surface area contributed by atoms with Crippen LogP contribution in [0.1, 0.15) is 22.0 Å². The zero-order chi connectivity index (χ0) is 18.6. The first-order valence-corrected chi connectivity index (χ1v) is 9.53. The number of aromatic nitrogens is 3. The SMILES string of the molecule is Cc1cc(N2CCOCC2)nc(CNC(=O)c2cc(-c3cccs3)on2)n1. The van der Waals surface area contributed by atoms with Crippen LogP contribution in [-0.4, -0.2) is 47.3 Å². The zero-order valence-corrected chi connectivity index (χ0v) is 15.7. The standard InChI is InChI=1S/C18H19N5O3S/c1-12-9-17(23-4-6-25-7-5-23)21-16(20-12)11-19-18(24)13-10-14(26-22-13)15-3-2-8-27-15/h2-3,8-10H,4-7,11H2,1H3,(H,19,24). The lowest BCUT2D eigenvalue weighted by molar-refractivity contribution is 0.0941. The van der Waals surface area contributed by atoms with Crippen molar-refractivity contribution < 1.29 is 14.1 Å². The minimum atomic E-state index is -0.320. The molecule has 8 nitrogen and oxygen atoms in total. The summed E-state index contributed by atoms with van der Waals surface area (Å²) in [6.07, 6.45) is 0. The van der Waals surface area contributed by atoms with Crippen LogP contribution in [0.25, 0.3) is 10.6 Å². The second-order valence-corrected chi connectivity index (χ2v) is 7.07. The fraction of sp³-hybridized carbons (Fsp3) is 0.333. The van der Waals surface area contributed by atoms with Crippen molar-refractivity contribution in [1.29, 1.82) is 0 Å². The normalized spacial score (nSPS) is 14.3. The molecule has 0 spiro atoms. The molecule has 1 N–H and O–H groups in total. The van der Waals surface area contributed by atoms with E-state index in [-0.39, 0.29) is 18.1 Å². The molecule has 1 amide bonds. The lowest BCUT2D eigenvalue weighted by Crippen LogP contribution is -2.37. The number of amides is 1. The third-order valence-electron chi connectivity index (χ3n) is 4.14. The Balaban J connectivity index is 1.42. The third-order valence-corrected chi connectivity index (χ3v) is 5.02. The van der Waals surface area contributed by atoms with Gasteiger partial charge in [0.2, 0.25) is 0 Å². The molecule has 3 aromatic rings. The van der Waals surface area contributed by atoms with Crippen molar-refractivity contribution in [2.75, 3.05) is 31.2 Å². The summed E-state index contributed by atoms with van der Waals surface area (Å²) < 4.78 is 10.6. The number of thiophene rings is 1. The van der Waals surface area contributed by atoms with Gasteiger partial charge in [-0.15, -0.1) is 11.3 Å². The van der Waals surface area contributed by atoms with Gasteiger partial charge in [0.05, 0.1) is 24.6 Å². The average Bonchev–Trinajstić information content (AvgIpc) is 3.38. The second-order valence-electron chi connectivity index (χ2n) is 6.12. The largest absolute Gasteiger partial charge is 0.378 e. The Hall–Kier alpha value is -2.78. The van der Waals surface area contributed by atoms with E-state index >= 15 is 0 Å². The number of nitrogens with one attached hydrogen (secondary N) is 1. The topological polar surface area (TPSA) is 93.4 Å². The Morgan fingerprint density at radius 1 is 1.30 bits per heavy atom. The number of anilines is 1. The highest BCUT2D eigenvalue weighted by Gasteiger charge is 2.16. The van der Waals surface area contributed by atoms with E-state index in [2.05, 4.69) is 25.3 Å². The van der Waals surface area contributed by atoms with Gasteiger partial charge < -0.3 is 19.5 Å². The summed E-state index contributed by atoms with van der Waals surface area (Å²) >= 11 is 1.53. The van der Waals surface area contributed by atoms with Crippen molar-refractivity contribution >= 4 is 23.1 Å². The number of nitrogens with zero attached hydrogens (tertiary/aromatic N) is 4. The summed E-state index contributed by atoms with van der Waals surface area (Å²) in [5.41, 5.74) is 1.09. The Kier molecular flexibility index (Phi) is 5.12. The van der Waals surface area contributed by atoms with Crippen molar-refractivity contribution in [3.8, 4) is 10.6 Å². The smallest absolute Gasteiger partial charge is 0.273 e. The first kappa shape index (κ1) is 17.6. The molecule has 3 aromatic heterocycles. The van der Waals surface area contributed by atoms with Crippen molar-refractivity contribution in [3.63, 3.8) is 0 Å². The molecule has 0 saturated carbocycles. The van der Waals surface area contributed by atoms with Gasteiger partial charge in [-0.1, -0.05) is 11.2 Å². The van der Waals surface area contributed by atoms with Crippen LogP contribution < -0.4 is 10.2 Å². The molecule has 0 unspecified atom stereocenters. The maximum atomic E-state index is 12.4. The Morgan fingerprint density at radius 2 is 2.15 bits per heavy atom. The number of aryl methyl sites for hydroxylation is 1. The lowest BCUT2D eigenvalue weighted by atomic mass is 10.3. The molecule has 1 fully saturated rings. The highest BCUT2D eigenvalue weighted by Crippen LogP contribution is 2.25. The molecule has 1 aliphatic rings. The van der Waals surface area contributed by atoms with Gasteiger partial charge in [-0.05, 0) is 18.4 Å². The molecular weight excluding hydrogens is 366 g/mol. The summed E-state index contributed by atoms with van der Waals surface area (Å²) in [6.45, 7) is 5.11. The van der Waals surface area contributed by atoms with Crippen molar-refractivity contribution in [1.82, 2.24) is 20.4 Å².